The van der Waals surface area contributed by atoms with Gasteiger partial charge in [-0.1, -0.05) is 6.92 Å². The molecule has 0 radical (unpaired) electrons. The fourth-order valence-electron chi connectivity index (χ4n) is 3.45. The van der Waals surface area contributed by atoms with Gasteiger partial charge in [0.25, 0.3) is 0 Å². The second-order valence-electron chi connectivity index (χ2n) is 8.78. The van der Waals surface area contributed by atoms with Crippen LogP contribution in [0.5, 0.6) is 0 Å². The Kier molecular flexibility index (Phi) is 5.47. The predicted octanol–water partition coefficient (Wildman–Crippen LogP) is 2.56. The smallest absolute Gasteiger partial charge is 0.410 e. The first kappa shape index (κ1) is 19.0. The third kappa shape index (κ3) is 5.10. The van der Waals surface area contributed by atoms with E-state index in [1.165, 1.54) is 0 Å². The van der Waals surface area contributed by atoms with E-state index in [0.29, 0.717) is 19.7 Å². The van der Waals surface area contributed by atoms with E-state index in [1.54, 1.807) is 4.90 Å². The molecule has 0 aromatic heterocycles. The number of hydrogen-bond acceptors (Lipinski definition) is 4. The molecule has 0 unspecified atom stereocenters. The second-order valence-corrected chi connectivity index (χ2v) is 8.78. The van der Waals surface area contributed by atoms with Crippen LogP contribution in [0.2, 0.25) is 0 Å². The highest BCUT2D eigenvalue weighted by Crippen LogP contribution is 2.27. The van der Waals surface area contributed by atoms with Gasteiger partial charge in [-0.3, -0.25) is 4.79 Å². The van der Waals surface area contributed by atoms with E-state index < -0.39 is 5.60 Å². The summed E-state index contributed by atoms with van der Waals surface area (Å²) in [6.07, 6.45) is 1.32. The highest BCUT2D eigenvalue weighted by Gasteiger charge is 2.40. The fraction of sp³-hybridized carbons (Fsp3) is 0.889. The van der Waals surface area contributed by atoms with Crippen LogP contribution in [0.25, 0.3) is 0 Å². The van der Waals surface area contributed by atoms with E-state index in [1.807, 2.05) is 41.5 Å². The average molecular weight is 340 g/mol. The van der Waals surface area contributed by atoms with Gasteiger partial charge in [0.05, 0.1) is 11.5 Å². The summed E-state index contributed by atoms with van der Waals surface area (Å²) < 4.78 is 11.1. The Morgan fingerprint density at radius 1 is 1.25 bits per heavy atom. The summed E-state index contributed by atoms with van der Waals surface area (Å²) in [5, 5.41) is 3.16. The van der Waals surface area contributed by atoms with Crippen LogP contribution in [0.3, 0.4) is 0 Å². The van der Waals surface area contributed by atoms with Gasteiger partial charge in [0, 0.05) is 25.7 Å². The van der Waals surface area contributed by atoms with Crippen LogP contribution in [-0.2, 0) is 14.3 Å². The lowest BCUT2D eigenvalue weighted by Crippen LogP contribution is -2.48. The topological polar surface area (TPSA) is 67.9 Å². The summed E-state index contributed by atoms with van der Waals surface area (Å²) >= 11 is 0. The summed E-state index contributed by atoms with van der Waals surface area (Å²) in [6, 6.07) is 0.143. The minimum Gasteiger partial charge on any atom is -0.444 e. The monoisotopic (exact) mass is 340 g/mol. The third-order valence-corrected chi connectivity index (χ3v) is 4.64. The number of amides is 2. The Hall–Kier alpha value is -1.30. The molecule has 6 nitrogen and oxygen atoms in total. The van der Waals surface area contributed by atoms with Gasteiger partial charge in [0.1, 0.15) is 5.60 Å². The average Bonchev–Trinajstić information content (AvgIpc) is 2.78. The number of rotatable bonds is 2. The van der Waals surface area contributed by atoms with Crippen LogP contribution in [0.15, 0.2) is 0 Å². The minimum atomic E-state index is -0.519. The van der Waals surface area contributed by atoms with Crippen molar-refractivity contribution in [3.63, 3.8) is 0 Å². The maximum absolute atomic E-state index is 12.7. The number of nitrogens with zero attached hydrogens (tertiary/aromatic N) is 1. The lowest BCUT2D eigenvalue weighted by atomic mass is 9.92. The van der Waals surface area contributed by atoms with E-state index in [4.69, 9.17) is 9.47 Å². The van der Waals surface area contributed by atoms with Gasteiger partial charge in [0.15, 0.2) is 0 Å². The van der Waals surface area contributed by atoms with E-state index in [9.17, 15) is 9.59 Å². The second kappa shape index (κ2) is 6.90. The molecule has 0 bridgehead atoms. The number of ether oxygens (including phenoxy) is 2. The van der Waals surface area contributed by atoms with Gasteiger partial charge in [-0.05, 0) is 53.4 Å². The highest BCUT2D eigenvalue weighted by molar-refractivity contribution is 5.81. The summed E-state index contributed by atoms with van der Waals surface area (Å²) in [4.78, 5) is 26.5. The van der Waals surface area contributed by atoms with Gasteiger partial charge >= 0.3 is 6.09 Å². The molecule has 2 aliphatic rings. The molecule has 0 saturated carbocycles. The predicted molar refractivity (Wildman–Crippen MR) is 91.7 cm³/mol. The minimum absolute atomic E-state index is 0.0382. The number of likely N-dealkylation sites (tertiary alicyclic amines) is 1. The molecular weight excluding hydrogens is 308 g/mol. The lowest BCUT2D eigenvalue weighted by Gasteiger charge is -2.36. The number of nitrogens with one attached hydrogen (secondary N) is 1. The van der Waals surface area contributed by atoms with Crippen molar-refractivity contribution in [2.45, 2.75) is 71.6 Å². The van der Waals surface area contributed by atoms with Crippen molar-refractivity contribution in [1.82, 2.24) is 10.2 Å². The molecular formula is C18H32N2O4. The van der Waals surface area contributed by atoms with Crippen LogP contribution >= 0.6 is 0 Å². The van der Waals surface area contributed by atoms with Crippen molar-refractivity contribution in [2.24, 2.45) is 11.8 Å². The van der Waals surface area contributed by atoms with E-state index >= 15 is 0 Å². The largest absolute Gasteiger partial charge is 0.444 e. The quantitative estimate of drug-likeness (QED) is 0.839. The Balaban J connectivity index is 1.90. The van der Waals surface area contributed by atoms with Crippen LogP contribution < -0.4 is 5.32 Å². The normalized spacial score (nSPS) is 30.1. The zero-order valence-electron chi connectivity index (χ0n) is 15.8. The molecule has 2 rings (SSSR count). The zero-order chi connectivity index (χ0) is 18.1. The Morgan fingerprint density at radius 3 is 2.50 bits per heavy atom. The molecule has 0 aliphatic carbocycles. The first-order chi connectivity index (χ1) is 11.0. The molecule has 0 spiro atoms. The van der Waals surface area contributed by atoms with Gasteiger partial charge in [-0.2, -0.15) is 0 Å². The molecule has 2 saturated heterocycles. The molecule has 0 aromatic carbocycles. The van der Waals surface area contributed by atoms with Gasteiger partial charge < -0.3 is 19.7 Å². The van der Waals surface area contributed by atoms with Crippen molar-refractivity contribution < 1.29 is 19.1 Å². The number of carbonyl (C=O) groups excluding carboxylic acids is 2. The fourth-order valence-corrected chi connectivity index (χ4v) is 3.45. The molecule has 1 N–H and O–H groups in total. The lowest BCUT2D eigenvalue weighted by molar-refractivity contribution is -0.128. The van der Waals surface area contributed by atoms with Crippen molar-refractivity contribution in [1.29, 1.82) is 0 Å². The zero-order valence-corrected chi connectivity index (χ0v) is 15.8. The van der Waals surface area contributed by atoms with Crippen LogP contribution in [0.4, 0.5) is 4.79 Å². The Bertz CT molecular complexity index is 484. The molecule has 2 amide bonds. The highest BCUT2D eigenvalue weighted by atomic mass is 16.6. The third-order valence-electron chi connectivity index (χ3n) is 4.64. The molecule has 2 fully saturated rings. The standard InChI is InChI=1S/C18H32N2O4/c1-12-10-20(16(22)24-17(2,3)4)11-14(12)15(21)19-13-7-8-23-18(5,6)9-13/h12-14H,7-11H2,1-6H3,(H,19,21)/t12-,13+,14-/m1/s1. The van der Waals surface area contributed by atoms with E-state index in [2.05, 4.69) is 5.32 Å². The summed E-state index contributed by atoms with van der Waals surface area (Å²) in [5.74, 6) is -0.00916. The molecule has 3 atom stereocenters. The molecule has 24 heavy (non-hydrogen) atoms. The first-order valence-electron chi connectivity index (χ1n) is 8.89. The maximum Gasteiger partial charge on any atom is 0.410 e. The van der Waals surface area contributed by atoms with Crippen molar-refractivity contribution >= 4 is 12.0 Å². The van der Waals surface area contributed by atoms with Gasteiger partial charge in [-0.25, -0.2) is 4.79 Å². The van der Waals surface area contributed by atoms with Crippen LogP contribution in [0, 0.1) is 11.8 Å². The summed E-state index contributed by atoms with van der Waals surface area (Å²) in [5.41, 5.74) is -0.714. The summed E-state index contributed by atoms with van der Waals surface area (Å²) in [6.45, 7) is 13.3. The maximum atomic E-state index is 12.7. The van der Waals surface area contributed by atoms with Gasteiger partial charge in [0.2, 0.25) is 5.91 Å². The molecule has 2 aliphatic heterocycles. The number of carbonyl (C=O) groups is 2. The van der Waals surface area contributed by atoms with E-state index in [-0.39, 0.29) is 35.5 Å². The van der Waals surface area contributed by atoms with Crippen molar-refractivity contribution in [2.75, 3.05) is 19.7 Å². The molecule has 2 heterocycles. The SMILES string of the molecule is C[C@@H]1CN(C(=O)OC(C)(C)C)C[C@H]1C(=O)N[C@H]1CCOC(C)(C)C1. The molecule has 0 aromatic rings. The van der Waals surface area contributed by atoms with Crippen molar-refractivity contribution in [3.05, 3.63) is 0 Å². The molecule has 6 heteroatoms. The van der Waals surface area contributed by atoms with Crippen LogP contribution in [-0.4, -0.2) is 53.8 Å². The molecule has 138 valence electrons. The Labute approximate surface area is 145 Å². The van der Waals surface area contributed by atoms with Crippen molar-refractivity contribution in [3.8, 4) is 0 Å². The van der Waals surface area contributed by atoms with Gasteiger partial charge in [-0.15, -0.1) is 0 Å². The Morgan fingerprint density at radius 2 is 1.92 bits per heavy atom. The van der Waals surface area contributed by atoms with Crippen LogP contribution in [0.1, 0.15) is 54.4 Å². The van der Waals surface area contributed by atoms with E-state index in [0.717, 1.165) is 12.8 Å². The number of hydrogen-bond donors (Lipinski definition) is 1. The first-order valence-corrected chi connectivity index (χ1v) is 8.89. The summed E-state index contributed by atoms with van der Waals surface area (Å²) in [7, 11) is 0.